The summed E-state index contributed by atoms with van der Waals surface area (Å²) in [5.74, 6) is -0.209. The molecule has 0 fully saturated rings. The van der Waals surface area contributed by atoms with Crippen LogP contribution in [0.3, 0.4) is 0 Å². The molecular formula is C9H11NO2. The Labute approximate surface area is 71.1 Å². The van der Waals surface area contributed by atoms with Crippen molar-refractivity contribution in [3.8, 4) is 0 Å². The van der Waals surface area contributed by atoms with Gasteiger partial charge in [-0.3, -0.25) is 9.78 Å². The van der Waals surface area contributed by atoms with E-state index in [2.05, 4.69) is 4.98 Å². The fourth-order valence-electron chi connectivity index (χ4n) is 0.886. The molecule has 0 radical (unpaired) electrons. The lowest BCUT2D eigenvalue weighted by Gasteiger charge is -2.04. The number of carbonyl (C=O) groups is 1. The maximum absolute atomic E-state index is 10.7. The average molecular weight is 165 g/mol. The van der Waals surface area contributed by atoms with Crippen LogP contribution in [-0.2, 0) is 11.2 Å². The summed E-state index contributed by atoms with van der Waals surface area (Å²) < 4.78 is 0. The topological polar surface area (TPSA) is 50.2 Å². The van der Waals surface area contributed by atoms with Crippen LogP contribution in [0.5, 0.6) is 0 Å². The summed E-state index contributed by atoms with van der Waals surface area (Å²) in [6.45, 7) is 1.38. The summed E-state index contributed by atoms with van der Waals surface area (Å²) in [5.41, 5.74) is 0.875. The van der Waals surface area contributed by atoms with Crippen molar-refractivity contribution < 1.29 is 9.90 Å². The van der Waals surface area contributed by atoms with Gasteiger partial charge in [0.25, 0.3) is 0 Å². The van der Waals surface area contributed by atoms with Gasteiger partial charge in [-0.25, -0.2) is 0 Å². The summed E-state index contributed by atoms with van der Waals surface area (Å²) in [4.78, 5) is 14.6. The Morgan fingerprint density at radius 1 is 1.75 bits per heavy atom. The molecule has 12 heavy (non-hydrogen) atoms. The highest BCUT2D eigenvalue weighted by Crippen LogP contribution is 2.01. The molecule has 1 atom stereocenters. The highest BCUT2D eigenvalue weighted by atomic mass is 16.3. The van der Waals surface area contributed by atoms with E-state index in [9.17, 15) is 9.90 Å². The Hall–Kier alpha value is -1.22. The molecule has 0 amide bonds. The van der Waals surface area contributed by atoms with E-state index in [0.29, 0.717) is 6.42 Å². The second kappa shape index (κ2) is 3.97. The Kier molecular flexibility index (Phi) is 2.94. The van der Waals surface area contributed by atoms with Crippen LogP contribution in [-0.4, -0.2) is 22.0 Å². The fourth-order valence-corrected chi connectivity index (χ4v) is 0.886. The molecule has 1 heterocycles. The number of aromatic nitrogens is 1. The van der Waals surface area contributed by atoms with Crippen LogP contribution >= 0.6 is 0 Å². The van der Waals surface area contributed by atoms with Crippen molar-refractivity contribution >= 4 is 5.78 Å². The SMILES string of the molecule is CC(=O)C(O)Cc1cccnc1. The molecule has 1 rings (SSSR count). The first kappa shape index (κ1) is 8.87. The summed E-state index contributed by atoms with van der Waals surface area (Å²) in [6, 6.07) is 3.61. The zero-order valence-electron chi connectivity index (χ0n) is 6.90. The number of carbonyl (C=O) groups excluding carboxylic acids is 1. The van der Waals surface area contributed by atoms with E-state index in [1.807, 2.05) is 6.07 Å². The van der Waals surface area contributed by atoms with Crippen LogP contribution in [0.25, 0.3) is 0 Å². The first-order valence-corrected chi connectivity index (χ1v) is 3.77. The Balaban J connectivity index is 2.58. The molecule has 0 aliphatic heterocycles. The fraction of sp³-hybridized carbons (Fsp3) is 0.333. The van der Waals surface area contributed by atoms with Gasteiger partial charge < -0.3 is 5.11 Å². The highest BCUT2D eigenvalue weighted by Gasteiger charge is 2.09. The number of hydrogen-bond donors (Lipinski definition) is 1. The monoisotopic (exact) mass is 165 g/mol. The quantitative estimate of drug-likeness (QED) is 0.712. The van der Waals surface area contributed by atoms with Crippen LogP contribution in [0.1, 0.15) is 12.5 Å². The maximum Gasteiger partial charge on any atom is 0.158 e. The molecule has 0 saturated carbocycles. The number of aliphatic hydroxyl groups excluding tert-OH is 1. The lowest BCUT2D eigenvalue weighted by atomic mass is 10.1. The molecule has 0 aliphatic carbocycles. The molecule has 1 N–H and O–H groups in total. The van der Waals surface area contributed by atoms with Gasteiger partial charge in [-0.05, 0) is 18.6 Å². The van der Waals surface area contributed by atoms with E-state index in [-0.39, 0.29) is 5.78 Å². The number of aliphatic hydroxyl groups is 1. The molecule has 3 nitrogen and oxygen atoms in total. The smallest absolute Gasteiger partial charge is 0.158 e. The molecule has 0 aromatic carbocycles. The Bertz CT molecular complexity index is 258. The normalized spacial score (nSPS) is 12.5. The van der Waals surface area contributed by atoms with Gasteiger partial charge in [0.1, 0.15) is 6.10 Å². The van der Waals surface area contributed by atoms with Gasteiger partial charge in [0.2, 0.25) is 0 Å². The molecule has 0 bridgehead atoms. The highest BCUT2D eigenvalue weighted by molar-refractivity contribution is 5.80. The number of pyridine rings is 1. The van der Waals surface area contributed by atoms with Crippen LogP contribution in [0.4, 0.5) is 0 Å². The van der Waals surface area contributed by atoms with Crippen molar-refractivity contribution in [1.29, 1.82) is 0 Å². The second-order valence-corrected chi connectivity index (χ2v) is 2.69. The van der Waals surface area contributed by atoms with E-state index < -0.39 is 6.10 Å². The van der Waals surface area contributed by atoms with E-state index in [1.165, 1.54) is 6.92 Å². The van der Waals surface area contributed by atoms with Crippen LogP contribution in [0, 0.1) is 0 Å². The van der Waals surface area contributed by atoms with E-state index >= 15 is 0 Å². The summed E-state index contributed by atoms with van der Waals surface area (Å²) in [6.07, 6.45) is 2.76. The lowest BCUT2D eigenvalue weighted by molar-refractivity contribution is -0.124. The van der Waals surface area contributed by atoms with Crippen molar-refractivity contribution in [2.45, 2.75) is 19.4 Å². The van der Waals surface area contributed by atoms with Gasteiger partial charge >= 0.3 is 0 Å². The minimum absolute atomic E-state index is 0.209. The first-order chi connectivity index (χ1) is 5.70. The molecule has 1 unspecified atom stereocenters. The summed E-state index contributed by atoms with van der Waals surface area (Å²) >= 11 is 0. The van der Waals surface area contributed by atoms with Crippen molar-refractivity contribution in [3.05, 3.63) is 30.1 Å². The minimum atomic E-state index is -0.894. The molecule has 0 saturated heterocycles. The Morgan fingerprint density at radius 2 is 2.50 bits per heavy atom. The zero-order chi connectivity index (χ0) is 8.97. The molecule has 1 aromatic heterocycles. The average Bonchev–Trinajstić information content (AvgIpc) is 2.06. The lowest BCUT2D eigenvalue weighted by Crippen LogP contribution is -2.19. The number of Topliss-reactive ketones (excluding diaryl/α,β-unsaturated/α-hetero) is 1. The molecule has 0 spiro atoms. The van der Waals surface area contributed by atoms with Gasteiger partial charge in [-0.1, -0.05) is 6.07 Å². The maximum atomic E-state index is 10.7. The van der Waals surface area contributed by atoms with Gasteiger partial charge in [-0.15, -0.1) is 0 Å². The van der Waals surface area contributed by atoms with Crippen molar-refractivity contribution in [2.75, 3.05) is 0 Å². The van der Waals surface area contributed by atoms with Gasteiger partial charge in [0, 0.05) is 18.8 Å². The largest absolute Gasteiger partial charge is 0.385 e. The van der Waals surface area contributed by atoms with Crippen LogP contribution in [0.15, 0.2) is 24.5 Å². The minimum Gasteiger partial charge on any atom is -0.385 e. The van der Waals surface area contributed by atoms with E-state index in [4.69, 9.17) is 0 Å². The molecule has 1 aromatic rings. The molecule has 0 aliphatic rings. The number of nitrogens with zero attached hydrogens (tertiary/aromatic N) is 1. The summed E-state index contributed by atoms with van der Waals surface area (Å²) in [5, 5.41) is 9.20. The third-order valence-corrected chi connectivity index (χ3v) is 1.62. The third-order valence-electron chi connectivity index (χ3n) is 1.62. The number of hydrogen-bond acceptors (Lipinski definition) is 3. The standard InChI is InChI=1S/C9H11NO2/c1-7(11)9(12)5-8-3-2-4-10-6-8/h2-4,6,9,12H,5H2,1H3. The van der Waals surface area contributed by atoms with Crippen molar-refractivity contribution in [3.63, 3.8) is 0 Å². The second-order valence-electron chi connectivity index (χ2n) is 2.69. The van der Waals surface area contributed by atoms with E-state index in [0.717, 1.165) is 5.56 Å². The van der Waals surface area contributed by atoms with Gasteiger partial charge in [-0.2, -0.15) is 0 Å². The van der Waals surface area contributed by atoms with E-state index in [1.54, 1.807) is 18.5 Å². The van der Waals surface area contributed by atoms with Crippen molar-refractivity contribution in [1.82, 2.24) is 4.98 Å². The predicted octanol–water partition coefficient (Wildman–Crippen LogP) is 0.574. The number of rotatable bonds is 3. The summed E-state index contributed by atoms with van der Waals surface area (Å²) in [7, 11) is 0. The molecule has 3 heteroatoms. The zero-order valence-corrected chi connectivity index (χ0v) is 6.90. The van der Waals surface area contributed by atoms with Crippen molar-refractivity contribution in [2.24, 2.45) is 0 Å². The Morgan fingerprint density at radius 3 is 3.00 bits per heavy atom. The van der Waals surface area contributed by atoms with Crippen LogP contribution < -0.4 is 0 Å². The third kappa shape index (κ3) is 2.43. The van der Waals surface area contributed by atoms with Gasteiger partial charge in [0.15, 0.2) is 5.78 Å². The molecule has 64 valence electrons. The molecular weight excluding hydrogens is 154 g/mol. The predicted molar refractivity (Wildman–Crippen MR) is 44.6 cm³/mol. The number of ketones is 1. The first-order valence-electron chi connectivity index (χ1n) is 3.77. The van der Waals surface area contributed by atoms with Crippen LogP contribution in [0.2, 0.25) is 0 Å². The van der Waals surface area contributed by atoms with Gasteiger partial charge in [0.05, 0.1) is 0 Å².